The van der Waals surface area contributed by atoms with Crippen molar-refractivity contribution in [1.29, 1.82) is 0 Å². The van der Waals surface area contributed by atoms with Crippen molar-refractivity contribution >= 4 is 35.8 Å². The van der Waals surface area contributed by atoms with Gasteiger partial charge in [-0.2, -0.15) is 0 Å². The molecular formula is C31H45NO12. The maximum absolute atomic E-state index is 12.0. The Morgan fingerprint density at radius 3 is 1.73 bits per heavy atom. The first-order valence-corrected chi connectivity index (χ1v) is 14.7. The van der Waals surface area contributed by atoms with Gasteiger partial charge in [0.15, 0.2) is 5.69 Å². The van der Waals surface area contributed by atoms with E-state index < -0.39 is 46.5 Å². The third kappa shape index (κ3) is 11.9. The summed E-state index contributed by atoms with van der Waals surface area (Å²) in [5, 5.41) is 18.1. The van der Waals surface area contributed by atoms with E-state index in [4.69, 9.17) is 29.2 Å². The normalized spacial score (nSPS) is 16.4. The van der Waals surface area contributed by atoms with Crippen LogP contribution in [0.15, 0.2) is 18.3 Å². The lowest BCUT2D eigenvalue weighted by Crippen LogP contribution is -2.34. The molecule has 2 rings (SSSR count). The Kier molecular flexibility index (Phi) is 15.5. The average Bonchev–Trinajstić information content (AvgIpc) is 3.00. The number of aromatic carboxylic acids is 1. The first-order chi connectivity index (χ1) is 20.6. The fraction of sp³-hybridized carbons (Fsp3) is 0.645. The largest absolute Gasteiger partial charge is 0.481 e. The van der Waals surface area contributed by atoms with Gasteiger partial charge in [-0.25, -0.2) is 14.6 Å². The number of hydrogen-bond acceptors (Lipinski definition) is 11. The number of carboxylic acids is 2. The highest BCUT2D eigenvalue weighted by atomic mass is 16.6. The van der Waals surface area contributed by atoms with E-state index in [1.807, 2.05) is 13.8 Å². The summed E-state index contributed by atoms with van der Waals surface area (Å²) in [6.07, 6.45) is 5.29. The van der Waals surface area contributed by atoms with Crippen molar-refractivity contribution in [1.82, 2.24) is 4.98 Å². The van der Waals surface area contributed by atoms with Gasteiger partial charge in [0.05, 0.1) is 28.2 Å². The SMILES string of the molecule is CCC(C)(C)C(=O)OCCOC(=O)C1CCCCC1C(=O)O.CCC(C)(C)C(=O)OCCOC(=O)c1ncccc1C(=O)O. The topological polar surface area (TPSA) is 193 Å². The first-order valence-electron chi connectivity index (χ1n) is 14.7. The molecule has 2 N–H and O–H groups in total. The summed E-state index contributed by atoms with van der Waals surface area (Å²) in [7, 11) is 0. The van der Waals surface area contributed by atoms with Crippen molar-refractivity contribution in [3.05, 3.63) is 29.6 Å². The maximum Gasteiger partial charge on any atom is 0.357 e. The Morgan fingerprint density at radius 2 is 1.25 bits per heavy atom. The minimum atomic E-state index is -1.27. The van der Waals surface area contributed by atoms with Gasteiger partial charge in [0.1, 0.15) is 26.4 Å². The molecule has 1 fully saturated rings. The molecule has 1 aliphatic rings. The van der Waals surface area contributed by atoms with Crippen LogP contribution in [0.25, 0.3) is 0 Å². The fourth-order valence-electron chi connectivity index (χ4n) is 3.85. The van der Waals surface area contributed by atoms with Crippen molar-refractivity contribution in [3.63, 3.8) is 0 Å². The van der Waals surface area contributed by atoms with Crippen LogP contribution in [0.2, 0.25) is 0 Å². The zero-order valence-electron chi connectivity index (χ0n) is 26.4. The van der Waals surface area contributed by atoms with Crippen molar-refractivity contribution in [2.75, 3.05) is 26.4 Å². The molecule has 0 radical (unpaired) electrons. The predicted octanol–water partition coefficient (Wildman–Crippen LogP) is 4.32. The quantitative estimate of drug-likeness (QED) is 0.169. The molecular weight excluding hydrogens is 578 g/mol. The number of aromatic nitrogens is 1. The monoisotopic (exact) mass is 623 g/mol. The number of nitrogens with zero attached hydrogens (tertiary/aromatic N) is 1. The number of esters is 4. The van der Waals surface area contributed by atoms with Crippen LogP contribution in [0.5, 0.6) is 0 Å². The fourth-order valence-corrected chi connectivity index (χ4v) is 3.85. The number of carbonyl (C=O) groups is 6. The van der Waals surface area contributed by atoms with E-state index in [2.05, 4.69) is 4.98 Å². The van der Waals surface area contributed by atoms with Gasteiger partial charge in [0, 0.05) is 6.20 Å². The van der Waals surface area contributed by atoms with Crippen LogP contribution in [0.1, 0.15) is 101 Å². The van der Waals surface area contributed by atoms with Crippen LogP contribution in [0, 0.1) is 22.7 Å². The Balaban J connectivity index is 0.000000440. The zero-order chi connectivity index (χ0) is 33.5. The number of hydrogen-bond donors (Lipinski definition) is 2. The number of aliphatic carboxylic acids is 1. The van der Waals surface area contributed by atoms with Gasteiger partial charge in [-0.15, -0.1) is 0 Å². The van der Waals surface area contributed by atoms with Crippen molar-refractivity contribution < 1.29 is 57.9 Å². The molecule has 1 aromatic heterocycles. The lowest BCUT2D eigenvalue weighted by molar-refractivity contribution is -0.164. The third-order valence-corrected chi connectivity index (χ3v) is 7.60. The van der Waals surface area contributed by atoms with E-state index in [9.17, 15) is 28.8 Å². The van der Waals surface area contributed by atoms with Crippen LogP contribution < -0.4 is 0 Å². The van der Waals surface area contributed by atoms with Gasteiger partial charge < -0.3 is 29.2 Å². The molecule has 13 nitrogen and oxygen atoms in total. The van der Waals surface area contributed by atoms with Crippen molar-refractivity contribution in [2.24, 2.45) is 22.7 Å². The van der Waals surface area contributed by atoms with Gasteiger partial charge in [-0.3, -0.25) is 19.2 Å². The molecule has 0 aromatic carbocycles. The van der Waals surface area contributed by atoms with Gasteiger partial charge >= 0.3 is 35.8 Å². The van der Waals surface area contributed by atoms with Crippen LogP contribution >= 0.6 is 0 Å². The number of pyridine rings is 1. The van der Waals surface area contributed by atoms with E-state index in [0.29, 0.717) is 25.7 Å². The van der Waals surface area contributed by atoms with Crippen molar-refractivity contribution in [2.45, 2.75) is 80.1 Å². The van der Waals surface area contributed by atoms with Gasteiger partial charge in [-0.1, -0.05) is 26.7 Å². The number of carbonyl (C=O) groups excluding carboxylic acids is 4. The second-order valence-corrected chi connectivity index (χ2v) is 11.6. The Labute approximate surface area is 257 Å². The molecule has 1 aromatic rings. The lowest BCUT2D eigenvalue weighted by atomic mass is 9.79. The number of rotatable bonds is 14. The zero-order valence-corrected chi connectivity index (χ0v) is 26.4. The molecule has 0 bridgehead atoms. The molecule has 0 amide bonds. The van der Waals surface area contributed by atoms with Crippen LogP contribution in [-0.2, 0) is 38.1 Å². The summed E-state index contributed by atoms with van der Waals surface area (Å²) in [6.45, 7) is 10.6. The first kappa shape index (κ1) is 38.0. The molecule has 13 heteroatoms. The van der Waals surface area contributed by atoms with Gasteiger partial charge in [0.2, 0.25) is 0 Å². The highest BCUT2D eigenvalue weighted by Gasteiger charge is 2.37. The summed E-state index contributed by atoms with van der Waals surface area (Å²) >= 11 is 0. The summed E-state index contributed by atoms with van der Waals surface area (Å²) < 4.78 is 20.0. The average molecular weight is 624 g/mol. The Hall–Kier alpha value is -4.03. The molecule has 2 unspecified atom stereocenters. The smallest absolute Gasteiger partial charge is 0.357 e. The Bertz CT molecular complexity index is 1160. The van der Waals surface area contributed by atoms with E-state index in [-0.39, 0.29) is 49.6 Å². The molecule has 0 saturated heterocycles. The predicted molar refractivity (Wildman–Crippen MR) is 156 cm³/mol. The molecule has 0 aliphatic heterocycles. The summed E-state index contributed by atoms with van der Waals surface area (Å²) in [6, 6.07) is 2.67. The minimum Gasteiger partial charge on any atom is -0.481 e. The molecule has 1 heterocycles. The van der Waals surface area contributed by atoms with E-state index in [0.717, 1.165) is 12.8 Å². The maximum atomic E-state index is 12.0. The van der Waals surface area contributed by atoms with Crippen LogP contribution in [-0.4, -0.2) is 77.4 Å². The number of ether oxygens (including phenoxy) is 4. The van der Waals surface area contributed by atoms with E-state index in [1.165, 1.54) is 18.3 Å². The van der Waals surface area contributed by atoms with Crippen LogP contribution in [0.4, 0.5) is 0 Å². The molecule has 2 atom stereocenters. The second-order valence-electron chi connectivity index (χ2n) is 11.6. The molecule has 0 spiro atoms. The highest BCUT2D eigenvalue weighted by molar-refractivity contribution is 6.00. The van der Waals surface area contributed by atoms with Gasteiger partial charge in [0.25, 0.3) is 0 Å². The summed E-state index contributed by atoms with van der Waals surface area (Å²) in [4.78, 5) is 73.0. The standard InChI is InChI=1S/C16H26O6.C15H19NO6/c1-4-16(2,3)15(20)22-10-9-21-14(19)12-8-6-5-7-11(12)13(17)18;1-4-15(2,3)14(20)22-9-8-21-13(19)11-10(12(17)18)6-5-7-16-11/h11-12H,4-10H2,1-3H3,(H,17,18);5-7H,4,8-9H2,1-3H3,(H,17,18). The second kappa shape index (κ2) is 17.9. The summed E-state index contributed by atoms with van der Waals surface area (Å²) in [5.41, 5.74) is -1.67. The van der Waals surface area contributed by atoms with Crippen LogP contribution in [0.3, 0.4) is 0 Å². The van der Waals surface area contributed by atoms with Gasteiger partial charge in [-0.05, 0) is 65.5 Å². The summed E-state index contributed by atoms with van der Waals surface area (Å²) in [5.74, 6) is -5.55. The Morgan fingerprint density at radius 1 is 0.773 bits per heavy atom. The third-order valence-electron chi connectivity index (χ3n) is 7.60. The molecule has 1 saturated carbocycles. The minimum absolute atomic E-state index is 0.00153. The molecule has 44 heavy (non-hydrogen) atoms. The number of carboxylic acid groups (broad SMARTS) is 2. The molecule has 1 aliphatic carbocycles. The highest BCUT2D eigenvalue weighted by Crippen LogP contribution is 2.31. The lowest BCUT2D eigenvalue weighted by Gasteiger charge is -2.26. The van der Waals surface area contributed by atoms with Crippen molar-refractivity contribution in [3.8, 4) is 0 Å². The molecule has 246 valence electrons. The van der Waals surface area contributed by atoms with E-state index >= 15 is 0 Å². The van der Waals surface area contributed by atoms with E-state index in [1.54, 1.807) is 27.7 Å².